The molecule has 1 aliphatic rings. The lowest BCUT2D eigenvalue weighted by Crippen LogP contribution is -2.37. The molecule has 2 aromatic heterocycles. The first kappa shape index (κ1) is 21.8. The number of nitrogens with zero attached hydrogens (tertiary/aromatic N) is 4. The van der Waals surface area contributed by atoms with Crippen LogP contribution in [0.1, 0.15) is 51.2 Å². The highest BCUT2D eigenvalue weighted by atomic mass is 32.1. The van der Waals surface area contributed by atoms with E-state index in [1.807, 2.05) is 51.2 Å². The van der Waals surface area contributed by atoms with Crippen LogP contribution in [0.15, 0.2) is 35.7 Å². The minimum atomic E-state index is -0.226. The van der Waals surface area contributed by atoms with E-state index in [0.717, 1.165) is 40.5 Å². The average molecular weight is 448 g/mol. The van der Waals surface area contributed by atoms with Crippen LogP contribution in [0.5, 0.6) is 0 Å². The molecule has 7 nitrogen and oxygen atoms in total. The van der Waals surface area contributed by atoms with Crippen LogP contribution >= 0.6 is 11.3 Å². The Hall–Kier alpha value is -3.44. The molecule has 0 saturated carbocycles. The first-order valence-electron chi connectivity index (χ1n) is 10.6. The van der Waals surface area contributed by atoms with Crippen LogP contribution in [0.3, 0.4) is 0 Å². The van der Waals surface area contributed by atoms with Crippen LogP contribution in [-0.4, -0.2) is 44.6 Å². The molecule has 0 radical (unpaired) electrons. The van der Waals surface area contributed by atoms with Gasteiger partial charge < -0.3 is 10.2 Å². The van der Waals surface area contributed by atoms with Crippen molar-refractivity contribution in [1.29, 1.82) is 0 Å². The number of amides is 2. The average Bonchev–Trinajstić information content (AvgIpc) is 3.39. The number of aryl methyl sites for hydroxylation is 2. The van der Waals surface area contributed by atoms with Crippen molar-refractivity contribution in [1.82, 2.24) is 19.7 Å². The normalized spacial score (nSPS) is 14.0. The van der Waals surface area contributed by atoms with Gasteiger partial charge in [0.15, 0.2) is 0 Å². The molecule has 4 rings (SSSR count). The van der Waals surface area contributed by atoms with Crippen LogP contribution in [0.4, 0.5) is 5.69 Å². The number of hydrogen-bond acceptors (Lipinski definition) is 5. The summed E-state index contributed by atoms with van der Waals surface area (Å²) in [4.78, 5) is 31.5. The van der Waals surface area contributed by atoms with Gasteiger partial charge in [-0.3, -0.25) is 14.3 Å². The highest BCUT2D eigenvalue weighted by Crippen LogP contribution is 2.30. The lowest BCUT2D eigenvalue weighted by molar-refractivity contribution is -0.126. The van der Waals surface area contributed by atoms with Gasteiger partial charge in [-0.15, -0.1) is 11.3 Å². The van der Waals surface area contributed by atoms with E-state index in [-0.39, 0.29) is 17.7 Å². The van der Waals surface area contributed by atoms with Gasteiger partial charge in [0.05, 0.1) is 22.1 Å². The van der Waals surface area contributed by atoms with Gasteiger partial charge in [-0.1, -0.05) is 24.1 Å². The molecule has 0 spiro atoms. The van der Waals surface area contributed by atoms with Gasteiger partial charge in [-0.25, -0.2) is 4.98 Å². The van der Waals surface area contributed by atoms with Crippen molar-refractivity contribution in [3.63, 3.8) is 0 Å². The molecule has 32 heavy (non-hydrogen) atoms. The Morgan fingerprint density at radius 2 is 1.88 bits per heavy atom. The number of carbonyl (C=O) groups excluding carboxylic acids is 2. The molecule has 1 fully saturated rings. The molecule has 1 aliphatic heterocycles. The van der Waals surface area contributed by atoms with E-state index < -0.39 is 0 Å². The van der Waals surface area contributed by atoms with Gasteiger partial charge in [-0.05, 0) is 38.8 Å². The number of carbonyl (C=O) groups is 2. The van der Waals surface area contributed by atoms with Crippen molar-refractivity contribution < 1.29 is 9.59 Å². The summed E-state index contributed by atoms with van der Waals surface area (Å²) in [6.45, 7) is 5.07. The third kappa shape index (κ3) is 4.73. The fourth-order valence-corrected chi connectivity index (χ4v) is 4.74. The fraction of sp³-hybridized carbons (Fsp3) is 0.333. The summed E-state index contributed by atoms with van der Waals surface area (Å²) in [5.41, 5.74) is 3.66. The third-order valence-corrected chi connectivity index (χ3v) is 6.73. The number of aromatic nitrogens is 3. The predicted molar refractivity (Wildman–Crippen MR) is 125 cm³/mol. The number of thiazole rings is 1. The predicted octanol–water partition coefficient (Wildman–Crippen LogP) is 3.50. The number of likely N-dealkylation sites (tertiary alicyclic amines) is 1. The Morgan fingerprint density at radius 1 is 1.16 bits per heavy atom. The Morgan fingerprint density at radius 3 is 2.53 bits per heavy atom. The molecular weight excluding hydrogens is 422 g/mol. The summed E-state index contributed by atoms with van der Waals surface area (Å²) < 4.78 is 1.75. The Labute approximate surface area is 191 Å². The van der Waals surface area contributed by atoms with Gasteiger partial charge in [0.1, 0.15) is 5.69 Å². The zero-order chi connectivity index (χ0) is 22.7. The number of benzene rings is 1. The second-order valence-corrected chi connectivity index (χ2v) is 8.77. The zero-order valence-electron chi connectivity index (χ0n) is 18.4. The third-order valence-electron chi connectivity index (χ3n) is 5.72. The van der Waals surface area contributed by atoms with E-state index in [1.54, 1.807) is 15.0 Å². The Bertz CT molecular complexity index is 1190. The van der Waals surface area contributed by atoms with Crippen molar-refractivity contribution >= 4 is 28.8 Å². The SMILES string of the molecule is Cc1nn(C)c(C)c1NC(=O)c1csc(C2CCN(C(=O)C#Cc3ccccc3)CC2)n1. The molecular formula is C24H25N5O2S. The molecule has 0 bridgehead atoms. The highest BCUT2D eigenvalue weighted by molar-refractivity contribution is 7.10. The summed E-state index contributed by atoms with van der Waals surface area (Å²) in [6.07, 6.45) is 1.63. The minimum absolute atomic E-state index is 0.145. The van der Waals surface area contributed by atoms with E-state index in [4.69, 9.17) is 0 Å². The Balaban J connectivity index is 1.34. The maximum atomic E-state index is 12.7. The summed E-state index contributed by atoms with van der Waals surface area (Å²) in [5, 5.41) is 10.0. The van der Waals surface area contributed by atoms with Crippen LogP contribution in [0.2, 0.25) is 0 Å². The molecule has 1 N–H and O–H groups in total. The molecule has 3 aromatic rings. The smallest absolute Gasteiger partial charge is 0.298 e. The number of nitrogens with one attached hydrogen (secondary N) is 1. The van der Waals surface area contributed by atoms with Crippen molar-refractivity contribution in [3.05, 3.63) is 63.4 Å². The molecule has 2 amide bonds. The maximum absolute atomic E-state index is 12.7. The lowest BCUT2D eigenvalue weighted by Gasteiger charge is -2.29. The van der Waals surface area contributed by atoms with Crippen LogP contribution in [-0.2, 0) is 11.8 Å². The standard InChI is InChI=1S/C24H25N5O2S/c1-16-22(17(2)28(3)27-16)26-23(31)20-15-32-24(25-20)19-11-13-29(14-12-19)21(30)10-9-18-7-5-4-6-8-18/h4-8,15,19H,11-14H2,1-3H3,(H,26,31). The second-order valence-electron chi connectivity index (χ2n) is 7.88. The van der Waals surface area contributed by atoms with Crippen molar-refractivity contribution in [2.45, 2.75) is 32.6 Å². The molecule has 3 heterocycles. The number of piperidine rings is 1. The lowest BCUT2D eigenvalue weighted by atomic mass is 9.97. The summed E-state index contributed by atoms with van der Waals surface area (Å²) in [6, 6.07) is 9.51. The quantitative estimate of drug-likeness (QED) is 0.623. The summed E-state index contributed by atoms with van der Waals surface area (Å²) in [7, 11) is 1.85. The highest BCUT2D eigenvalue weighted by Gasteiger charge is 2.26. The van der Waals surface area contributed by atoms with Gasteiger partial charge in [0.2, 0.25) is 0 Å². The van der Waals surface area contributed by atoms with Crippen LogP contribution in [0.25, 0.3) is 0 Å². The molecule has 0 aliphatic carbocycles. The first-order valence-corrected chi connectivity index (χ1v) is 11.4. The molecule has 0 unspecified atom stereocenters. The molecule has 0 atom stereocenters. The monoisotopic (exact) mass is 447 g/mol. The second kappa shape index (κ2) is 9.37. The van der Waals surface area contributed by atoms with E-state index in [2.05, 4.69) is 27.2 Å². The number of hydrogen-bond donors (Lipinski definition) is 1. The van der Waals surface area contributed by atoms with E-state index in [1.165, 1.54) is 11.3 Å². The molecule has 1 saturated heterocycles. The number of rotatable bonds is 3. The summed E-state index contributed by atoms with van der Waals surface area (Å²) in [5.74, 6) is 5.54. The van der Waals surface area contributed by atoms with Crippen molar-refractivity contribution in [3.8, 4) is 11.8 Å². The van der Waals surface area contributed by atoms with E-state index in [9.17, 15) is 9.59 Å². The minimum Gasteiger partial charge on any atom is -0.332 e. The van der Waals surface area contributed by atoms with Crippen molar-refractivity contribution in [2.75, 3.05) is 18.4 Å². The molecule has 8 heteroatoms. The van der Waals surface area contributed by atoms with Crippen LogP contribution in [0, 0.1) is 25.7 Å². The van der Waals surface area contributed by atoms with E-state index >= 15 is 0 Å². The summed E-state index contributed by atoms with van der Waals surface area (Å²) >= 11 is 1.50. The molecule has 164 valence electrons. The van der Waals surface area contributed by atoms with Gasteiger partial charge in [-0.2, -0.15) is 5.10 Å². The largest absolute Gasteiger partial charge is 0.332 e. The fourth-order valence-electron chi connectivity index (χ4n) is 3.77. The van der Waals surface area contributed by atoms with Gasteiger partial charge >= 0.3 is 0 Å². The van der Waals surface area contributed by atoms with Crippen LogP contribution < -0.4 is 5.32 Å². The van der Waals surface area contributed by atoms with Gasteiger partial charge in [0, 0.05) is 42.9 Å². The zero-order valence-corrected chi connectivity index (χ0v) is 19.2. The van der Waals surface area contributed by atoms with Gasteiger partial charge in [0.25, 0.3) is 11.8 Å². The Kier molecular flexibility index (Phi) is 6.37. The first-order chi connectivity index (χ1) is 15.4. The topological polar surface area (TPSA) is 80.1 Å². The van der Waals surface area contributed by atoms with Crippen molar-refractivity contribution in [2.24, 2.45) is 7.05 Å². The maximum Gasteiger partial charge on any atom is 0.298 e. The molecule has 1 aromatic carbocycles. The number of anilines is 1. The van der Waals surface area contributed by atoms with E-state index in [0.29, 0.717) is 18.8 Å².